The summed E-state index contributed by atoms with van der Waals surface area (Å²) in [5.41, 5.74) is 0. The van der Waals surface area contributed by atoms with Crippen LogP contribution in [0.4, 0.5) is 13.2 Å². The van der Waals surface area contributed by atoms with E-state index in [1.807, 2.05) is 0 Å². The molecule has 0 radical (unpaired) electrons. The first-order chi connectivity index (χ1) is 6.24. The van der Waals surface area contributed by atoms with Gasteiger partial charge in [-0.1, -0.05) is 6.92 Å². The van der Waals surface area contributed by atoms with Gasteiger partial charge in [0.1, 0.15) is 0 Å². The van der Waals surface area contributed by atoms with Crippen LogP contribution < -0.4 is 0 Å². The van der Waals surface area contributed by atoms with Gasteiger partial charge in [-0.15, -0.1) is 0 Å². The molecule has 0 fully saturated rings. The lowest BCUT2D eigenvalue weighted by molar-refractivity contribution is -0.149. The largest absolute Gasteiger partial charge is 0.479 e. The number of aliphatic hydroxyl groups excluding tert-OH is 1. The Balaban J connectivity index is 3.75. The van der Waals surface area contributed by atoms with Crippen LogP contribution in [-0.2, 0) is 4.79 Å². The van der Waals surface area contributed by atoms with Crippen molar-refractivity contribution in [3.05, 3.63) is 0 Å². The number of hydrogen-bond donors (Lipinski definition) is 2. The summed E-state index contributed by atoms with van der Waals surface area (Å²) in [5.74, 6) is -2.06. The van der Waals surface area contributed by atoms with Crippen LogP contribution in [0.1, 0.15) is 26.2 Å². The zero-order chi connectivity index (χ0) is 11.4. The summed E-state index contributed by atoms with van der Waals surface area (Å²) in [4.78, 5) is 10.2. The van der Waals surface area contributed by atoms with Crippen molar-refractivity contribution >= 4 is 5.97 Å². The Morgan fingerprint density at radius 1 is 1.43 bits per heavy atom. The molecule has 0 aliphatic heterocycles. The lowest BCUT2D eigenvalue weighted by Crippen LogP contribution is -2.27. The molecule has 0 heterocycles. The van der Waals surface area contributed by atoms with Gasteiger partial charge in [-0.2, -0.15) is 13.2 Å². The molecule has 2 unspecified atom stereocenters. The first kappa shape index (κ1) is 13.2. The molecular formula is C8H13F3O3. The fourth-order valence-electron chi connectivity index (χ4n) is 1.03. The molecule has 14 heavy (non-hydrogen) atoms. The van der Waals surface area contributed by atoms with Crippen LogP contribution in [0.15, 0.2) is 0 Å². The maximum Gasteiger partial charge on any atom is 0.389 e. The molecule has 0 rings (SSSR count). The molecule has 0 aromatic rings. The maximum atomic E-state index is 11.7. The smallest absolute Gasteiger partial charge is 0.389 e. The Morgan fingerprint density at radius 2 is 1.93 bits per heavy atom. The van der Waals surface area contributed by atoms with Crippen LogP contribution >= 0.6 is 0 Å². The van der Waals surface area contributed by atoms with Gasteiger partial charge in [-0.05, 0) is 18.8 Å². The van der Waals surface area contributed by atoms with E-state index in [0.29, 0.717) is 0 Å². The van der Waals surface area contributed by atoms with Gasteiger partial charge in [0.25, 0.3) is 0 Å². The van der Waals surface area contributed by atoms with Crippen LogP contribution in [0.25, 0.3) is 0 Å². The number of hydrogen-bond acceptors (Lipinski definition) is 2. The minimum Gasteiger partial charge on any atom is -0.479 e. The van der Waals surface area contributed by atoms with Crippen molar-refractivity contribution in [2.24, 2.45) is 5.92 Å². The van der Waals surface area contributed by atoms with Crippen LogP contribution in [-0.4, -0.2) is 28.5 Å². The average Bonchev–Trinajstić information content (AvgIpc) is 2.00. The normalized spacial score (nSPS) is 16.4. The predicted octanol–water partition coefficient (Wildman–Crippen LogP) is 1.80. The second-order valence-electron chi connectivity index (χ2n) is 3.27. The molecule has 0 saturated heterocycles. The summed E-state index contributed by atoms with van der Waals surface area (Å²) in [6, 6.07) is 0. The molecule has 0 spiro atoms. The highest BCUT2D eigenvalue weighted by molar-refractivity contribution is 5.72. The fourth-order valence-corrected chi connectivity index (χ4v) is 1.03. The summed E-state index contributed by atoms with van der Waals surface area (Å²) in [6.45, 7) is 1.41. The quantitative estimate of drug-likeness (QED) is 0.733. The first-order valence-electron chi connectivity index (χ1n) is 4.21. The SMILES string of the molecule is CC(CCCC(F)(F)F)C(O)C(=O)O. The second kappa shape index (κ2) is 5.19. The Labute approximate surface area is 79.5 Å². The maximum absolute atomic E-state index is 11.7. The van der Waals surface area contributed by atoms with Crippen molar-refractivity contribution < 1.29 is 28.2 Å². The third-order valence-electron chi connectivity index (χ3n) is 1.91. The van der Waals surface area contributed by atoms with Crippen molar-refractivity contribution in [2.45, 2.75) is 38.5 Å². The van der Waals surface area contributed by atoms with Gasteiger partial charge >= 0.3 is 12.1 Å². The Bertz CT molecular complexity index is 191. The molecular weight excluding hydrogens is 201 g/mol. The van der Waals surface area contributed by atoms with Crippen molar-refractivity contribution in [3.8, 4) is 0 Å². The van der Waals surface area contributed by atoms with Crippen molar-refractivity contribution in [2.75, 3.05) is 0 Å². The zero-order valence-electron chi connectivity index (χ0n) is 7.71. The van der Waals surface area contributed by atoms with Crippen molar-refractivity contribution in [3.63, 3.8) is 0 Å². The van der Waals surface area contributed by atoms with E-state index in [9.17, 15) is 18.0 Å². The summed E-state index contributed by atoms with van der Waals surface area (Å²) in [6.07, 6.45) is -6.84. The Morgan fingerprint density at radius 3 is 2.29 bits per heavy atom. The topological polar surface area (TPSA) is 57.5 Å². The summed E-state index contributed by atoms with van der Waals surface area (Å²) in [7, 11) is 0. The first-order valence-corrected chi connectivity index (χ1v) is 4.21. The van der Waals surface area contributed by atoms with Gasteiger partial charge in [-0.25, -0.2) is 4.79 Å². The number of rotatable bonds is 5. The van der Waals surface area contributed by atoms with Gasteiger partial charge in [-0.3, -0.25) is 0 Å². The van der Waals surface area contributed by atoms with Crippen LogP contribution in [0.3, 0.4) is 0 Å². The summed E-state index contributed by atoms with van der Waals surface area (Å²) in [5, 5.41) is 17.3. The Kier molecular flexibility index (Phi) is 4.90. The molecule has 0 saturated carbocycles. The lowest BCUT2D eigenvalue weighted by Gasteiger charge is -2.14. The van der Waals surface area contributed by atoms with Gasteiger partial charge in [0.2, 0.25) is 0 Å². The molecule has 84 valence electrons. The molecule has 2 atom stereocenters. The van der Waals surface area contributed by atoms with E-state index in [1.165, 1.54) is 6.92 Å². The number of carboxylic acids is 1. The highest BCUT2D eigenvalue weighted by atomic mass is 19.4. The molecule has 0 aromatic carbocycles. The third-order valence-corrected chi connectivity index (χ3v) is 1.91. The standard InChI is InChI=1S/C8H13F3O3/c1-5(6(12)7(13)14)3-2-4-8(9,10)11/h5-6,12H,2-4H2,1H3,(H,13,14). The fraction of sp³-hybridized carbons (Fsp3) is 0.875. The van der Waals surface area contributed by atoms with Gasteiger partial charge in [0.05, 0.1) is 0 Å². The third kappa shape index (κ3) is 5.80. The van der Waals surface area contributed by atoms with E-state index in [0.717, 1.165) is 0 Å². The Hall–Kier alpha value is -0.780. The van der Waals surface area contributed by atoms with E-state index in [2.05, 4.69) is 0 Å². The number of aliphatic carboxylic acids is 1. The molecule has 0 amide bonds. The average molecular weight is 214 g/mol. The number of alkyl halides is 3. The number of carbonyl (C=O) groups is 1. The lowest BCUT2D eigenvalue weighted by atomic mass is 9.98. The molecule has 0 aliphatic rings. The molecule has 0 aliphatic carbocycles. The minimum atomic E-state index is -4.21. The molecule has 6 heteroatoms. The number of halogens is 3. The van der Waals surface area contributed by atoms with E-state index >= 15 is 0 Å². The van der Waals surface area contributed by atoms with Crippen LogP contribution in [0, 0.1) is 5.92 Å². The number of aliphatic hydroxyl groups is 1. The van der Waals surface area contributed by atoms with E-state index in [-0.39, 0.29) is 12.8 Å². The predicted molar refractivity (Wildman–Crippen MR) is 42.7 cm³/mol. The minimum absolute atomic E-state index is 0.0486. The number of carboxylic acid groups (broad SMARTS) is 1. The van der Waals surface area contributed by atoms with Gasteiger partial charge in [0.15, 0.2) is 6.10 Å². The van der Waals surface area contributed by atoms with E-state index < -0.39 is 30.6 Å². The highest BCUT2D eigenvalue weighted by Gasteiger charge is 2.28. The van der Waals surface area contributed by atoms with Crippen molar-refractivity contribution in [1.82, 2.24) is 0 Å². The molecule has 3 nitrogen and oxygen atoms in total. The van der Waals surface area contributed by atoms with Crippen LogP contribution in [0.2, 0.25) is 0 Å². The molecule has 0 bridgehead atoms. The van der Waals surface area contributed by atoms with E-state index in [1.54, 1.807) is 0 Å². The summed E-state index contributed by atoms with van der Waals surface area (Å²) >= 11 is 0. The van der Waals surface area contributed by atoms with Crippen molar-refractivity contribution in [1.29, 1.82) is 0 Å². The second-order valence-corrected chi connectivity index (χ2v) is 3.27. The molecule has 2 N–H and O–H groups in total. The van der Waals surface area contributed by atoms with E-state index in [4.69, 9.17) is 10.2 Å². The summed E-state index contributed by atoms with van der Waals surface area (Å²) < 4.78 is 35.1. The zero-order valence-corrected chi connectivity index (χ0v) is 7.71. The van der Waals surface area contributed by atoms with Gasteiger partial charge < -0.3 is 10.2 Å². The van der Waals surface area contributed by atoms with Gasteiger partial charge in [0, 0.05) is 6.42 Å². The van der Waals surface area contributed by atoms with Crippen LogP contribution in [0.5, 0.6) is 0 Å². The monoisotopic (exact) mass is 214 g/mol. The highest BCUT2D eigenvalue weighted by Crippen LogP contribution is 2.24. The molecule has 0 aromatic heterocycles.